The first-order chi connectivity index (χ1) is 15.4. The zero-order chi connectivity index (χ0) is 22.7. The summed E-state index contributed by atoms with van der Waals surface area (Å²) in [6.07, 6.45) is 3.48. The van der Waals surface area contributed by atoms with Gasteiger partial charge in [0.15, 0.2) is 5.75 Å². The Balaban J connectivity index is 1.81. The molecule has 3 unspecified atom stereocenters. The average molecular weight is 460 g/mol. The number of nitrogens with zero attached hydrogens (tertiary/aromatic N) is 1. The molecule has 2 heterocycles. The number of anilines is 1. The third kappa shape index (κ3) is 4.74. The van der Waals surface area contributed by atoms with Gasteiger partial charge in [-0.05, 0) is 43.5 Å². The van der Waals surface area contributed by atoms with E-state index in [4.69, 9.17) is 14.3 Å². The summed E-state index contributed by atoms with van der Waals surface area (Å²) in [6.45, 7) is 3.41. The molecule has 32 heavy (non-hydrogen) atoms. The van der Waals surface area contributed by atoms with Gasteiger partial charge in [0.25, 0.3) is 0 Å². The van der Waals surface area contributed by atoms with E-state index >= 15 is 0 Å². The molecular formula is C23H29N3O5S. The summed E-state index contributed by atoms with van der Waals surface area (Å²) in [7, 11) is -3.52. The number of fused-ring (bicyclic) bond motifs is 2. The number of hydrogen-bond donors (Lipinski definition) is 3. The number of nitrogens with one attached hydrogen (secondary N) is 2. The van der Waals surface area contributed by atoms with Gasteiger partial charge in [-0.1, -0.05) is 31.5 Å². The Kier molecular flexibility index (Phi) is 6.68. The summed E-state index contributed by atoms with van der Waals surface area (Å²) in [5.41, 5.74) is 0.393. The van der Waals surface area contributed by atoms with Crippen LogP contribution in [0, 0.1) is 4.78 Å². The molecule has 0 amide bonds. The lowest BCUT2D eigenvalue weighted by molar-refractivity contribution is -0.0106. The third-order valence-corrected chi connectivity index (χ3v) is 7.71. The minimum Gasteiger partial charge on any atom is -0.478 e. The highest BCUT2D eigenvalue weighted by molar-refractivity contribution is 7.90. The van der Waals surface area contributed by atoms with Crippen LogP contribution in [0.3, 0.4) is 0 Å². The number of carboxylic acids is 1. The van der Waals surface area contributed by atoms with Crippen molar-refractivity contribution in [2.24, 2.45) is 0 Å². The van der Waals surface area contributed by atoms with Gasteiger partial charge in [-0.15, -0.1) is 0 Å². The van der Waals surface area contributed by atoms with E-state index in [2.05, 4.69) is 12.2 Å². The molecule has 172 valence electrons. The number of unbranched alkanes of at least 4 members (excludes halogenated alkanes) is 1. The van der Waals surface area contributed by atoms with Crippen LogP contribution in [0.5, 0.6) is 11.5 Å². The van der Waals surface area contributed by atoms with Crippen LogP contribution in [0.15, 0.2) is 47.4 Å². The maximum Gasteiger partial charge on any atom is 0.335 e. The largest absolute Gasteiger partial charge is 0.478 e. The van der Waals surface area contributed by atoms with Gasteiger partial charge in [-0.2, -0.15) is 0 Å². The number of aromatic carboxylic acids is 1. The lowest BCUT2D eigenvalue weighted by atomic mass is 10.1. The SMILES string of the molecule is CCCCNc1cc(C(=O)O)cc(S(=N)(=O)N2CC3CCC(C2)O3)c1Oc1ccccc1. The molecule has 2 aliphatic heterocycles. The van der Waals surface area contributed by atoms with Crippen molar-refractivity contribution < 1.29 is 23.6 Å². The van der Waals surface area contributed by atoms with E-state index in [0.29, 0.717) is 31.1 Å². The summed E-state index contributed by atoms with van der Waals surface area (Å²) < 4.78 is 36.5. The first-order valence-electron chi connectivity index (χ1n) is 11.0. The van der Waals surface area contributed by atoms with Crippen molar-refractivity contribution in [2.45, 2.75) is 49.7 Å². The number of carboxylic acid groups (broad SMARTS) is 1. The number of morpholine rings is 1. The molecule has 8 nitrogen and oxygen atoms in total. The summed E-state index contributed by atoms with van der Waals surface area (Å²) in [5, 5.41) is 12.9. The summed E-state index contributed by atoms with van der Waals surface area (Å²) >= 11 is 0. The Morgan fingerprint density at radius 2 is 1.94 bits per heavy atom. The van der Waals surface area contributed by atoms with Crippen LogP contribution in [0.25, 0.3) is 0 Å². The highest BCUT2D eigenvalue weighted by Crippen LogP contribution is 2.40. The van der Waals surface area contributed by atoms with E-state index in [-0.39, 0.29) is 28.4 Å². The van der Waals surface area contributed by atoms with E-state index in [1.165, 1.54) is 12.1 Å². The van der Waals surface area contributed by atoms with Crippen LogP contribution in [0.2, 0.25) is 0 Å². The molecule has 4 rings (SSSR count). The van der Waals surface area contributed by atoms with Crippen molar-refractivity contribution in [1.82, 2.24) is 4.31 Å². The highest BCUT2D eigenvalue weighted by Gasteiger charge is 2.39. The van der Waals surface area contributed by atoms with Crippen molar-refractivity contribution in [3.63, 3.8) is 0 Å². The summed E-state index contributed by atoms with van der Waals surface area (Å²) in [4.78, 5) is 11.9. The molecule has 3 atom stereocenters. The van der Waals surface area contributed by atoms with Gasteiger partial charge in [0, 0.05) is 19.6 Å². The number of hydrogen-bond acceptors (Lipinski definition) is 6. The molecule has 2 fully saturated rings. The summed E-state index contributed by atoms with van der Waals surface area (Å²) in [5.74, 6) is -0.392. The van der Waals surface area contributed by atoms with Crippen molar-refractivity contribution >= 4 is 21.6 Å². The van der Waals surface area contributed by atoms with Gasteiger partial charge >= 0.3 is 5.97 Å². The highest BCUT2D eigenvalue weighted by atomic mass is 32.2. The minimum absolute atomic E-state index is 0.0318. The summed E-state index contributed by atoms with van der Waals surface area (Å²) in [6, 6.07) is 11.8. The number of carbonyl (C=O) groups is 1. The second kappa shape index (κ2) is 9.48. The van der Waals surface area contributed by atoms with Crippen molar-refractivity contribution in [1.29, 1.82) is 4.78 Å². The number of ether oxygens (including phenoxy) is 2. The van der Waals surface area contributed by atoms with Gasteiger partial charge in [-0.3, -0.25) is 0 Å². The third-order valence-electron chi connectivity index (χ3n) is 5.78. The average Bonchev–Trinajstić information content (AvgIpc) is 3.12. The first kappa shape index (κ1) is 22.6. The molecule has 0 aliphatic carbocycles. The van der Waals surface area contributed by atoms with Crippen LogP contribution < -0.4 is 10.1 Å². The Hall–Kier alpha value is -2.62. The van der Waals surface area contributed by atoms with Gasteiger partial charge in [0.2, 0.25) is 0 Å². The molecule has 0 radical (unpaired) electrons. The molecule has 0 saturated carbocycles. The standard InChI is InChI=1S/C23H29N3O5S/c1-2-3-11-25-20-12-16(23(27)28)13-21(22(20)31-17-7-5-4-6-8-17)32(24,29)26-14-18-9-10-19(15-26)30-18/h4-8,12-13,18-19,24-25H,2-3,9-11,14-15H2,1H3,(H,27,28). The van der Waals surface area contributed by atoms with Crippen molar-refractivity contribution in [3.05, 3.63) is 48.0 Å². The molecule has 0 aromatic heterocycles. The van der Waals surface area contributed by atoms with Gasteiger partial charge < -0.3 is 19.9 Å². The van der Waals surface area contributed by atoms with Crippen molar-refractivity contribution in [2.75, 3.05) is 25.0 Å². The fourth-order valence-corrected chi connectivity index (χ4v) is 5.82. The molecule has 9 heteroatoms. The fourth-order valence-electron chi connectivity index (χ4n) is 4.10. The normalized spacial score (nSPS) is 22.3. The molecule has 2 aromatic carbocycles. The topological polar surface area (TPSA) is 112 Å². The Labute approximate surface area is 188 Å². The minimum atomic E-state index is -3.52. The van der Waals surface area contributed by atoms with Crippen molar-refractivity contribution in [3.8, 4) is 11.5 Å². The Morgan fingerprint density at radius 3 is 2.56 bits per heavy atom. The molecular weight excluding hydrogens is 430 g/mol. The number of rotatable bonds is 9. The van der Waals surface area contributed by atoms with E-state index < -0.39 is 15.9 Å². The van der Waals surface area contributed by atoms with Crippen LogP contribution in [-0.4, -0.2) is 51.4 Å². The monoisotopic (exact) mass is 459 g/mol. The zero-order valence-electron chi connectivity index (χ0n) is 18.1. The van der Waals surface area contributed by atoms with E-state index in [1.807, 2.05) is 18.2 Å². The second-order valence-electron chi connectivity index (χ2n) is 8.18. The van der Waals surface area contributed by atoms with Gasteiger partial charge in [-0.25, -0.2) is 18.1 Å². The van der Waals surface area contributed by atoms with E-state index in [0.717, 1.165) is 25.7 Å². The Bertz CT molecular complexity index is 1060. The molecule has 2 saturated heterocycles. The maximum absolute atomic E-state index is 14.0. The van der Waals surface area contributed by atoms with Crippen LogP contribution in [-0.2, 0) is 14.7 Å². The van der Waals surface area contributed by atoms with Crippen LogP contribution in [0.1, 0.15) is 43.0 Å². The number of benzene rings is 2. The molecule has 2 aromatic rings. The van der Waals surface area contributed by atoms with Crippen LogP contribution >= 0.6 is 0 Å². The van der Waals surface area contributed by atoms with E-state index in [1.54, 1.807) is 16.4 Å². The molecule has 0 spiro atoms. The van der Waals surface area contributed by atoms with E-state index in [9.17, 15) is 14.1 Å². The Morgan fingerprint density at radius 1 is 1.25 bits per heavy atom. The number of para-hydroxylation sites is 1. The molecule has 3 N–H and O–H groups in total. The first-order valence-corrected chi connectivity index (χ1v) is 12.5. The zero-order valence-corrected chi connectivity index (χ0v) is 18.9. The fraction of sp³-hybridized carbons (Fsp3) is 0.435. The second-order valence-corrected chi connectivity index (χ2v) is 10.2. The lowest BCUT2D eigenvalue weighted by Gasteiger charge is -2.33. The van der Waals surface area contributed by atoms with Gasteiger partial charge in [0.05, 0.1) is 23.5 Å². The lowest BCUT2D eigenvalue weighted by Crippen LogP contribution is -2.45. The van der Waals surface area contributed by atoms with Gasteiger partial charge in [0.1, 0.15) is 20.6 Å². The smallest absolute Gasteiger partial charge is 0.335 e. The predicted octanol–water partition coefficient (Wildman–Crippen LogP) is 4.57. The maximum atomic E-state index is 14.0. The molecule has 2 aliphatic rings. The molecule has 2 bridgehead atoms. The quantitative estimate of drug-likeness (QED) is 0.474. The van der Waals surface area contributed by atoms with Crippen LogP contribution in [0.4, 0.5) is 5.69 Å². The predicted molar refractivity (Wildman–Crippen MR) is 122 cm³/mol.